The van der Waals surface area contributed by atoms with Crippen molar-refractivity contribution in [2.75, 3.05) is 19.0 Å². The minimum absolute atomic E-state index is 0.187. The van der Waals surface area contributed by atoms with Gasteiger partial charge in [0.25, 0.3) is 0 Å². The Morgan fingerprint density at radius 3 is 2.32 bits per heavy atom. The van der Waals surface area contributed by atoms with Crippen molar-refractivity contribution in [2.24, 2.45) is 0 Å². The molecular formula is C25H33NO5. The number of aromatic hydroxyl groups is 1. The van der Waals surface area contributed by atoms with Gasteiger partial charge < -0.3 is 19.9 Å². The van der Waals surface area contributed by atoms with E-state index in [1.54, 1.807) is 0 Å². The highest BCUT2D eigenvalue weighted by molar-refractivity contribution is 6.01. The molecule has 0 atom stereocenters. The van der Waals surface area contributed by atoms with Gasteiger partial charge in [-0.1, -0.05) is 39.3 Å². The van der Waals surface area contributed by atoms with Crippen LogP contribution in [0.2, 0.25) is 0 Å². The molecule has 0 aliphatic carbocycles. The fourth-order valence-corrected chi connectivity index (χ4v) is 3.67. The summed E-state index contributed by atoms with van der Waals surface area (Å²) in [7, 11) is 1.27. The van der Waals surface area contributed by atoms with Crippen molar-refractivity contribution in [2.45, 2.75) is 58.8 Å². The van der Waals surface area contributed by atoms with Crippen molar-refractivity contribution in [3.05, 3.63) is 53.1 Å². The smallest absolute Gasteiger partial charge is 0.337 e. The molecule has 0 aromatic heterocycles. The molecule has 0 fully saturated rings. The fourth-order valence-electron chi connectivity index (χ4n) is 3.67. The number of ether oxygens (including phenoxy) is 2. The lowest BCUT2D eigenvalue weighted by atomic mass is 9.74. The second kappa shape index (κ2) is 10.8. The number of carbonyl (C=O) groups is 2. The Labute approximate surface area is 184 Å². The molecule has 168 valence electrons. The number of phenolic OH excluding ortho intramolecular Hbond substituents is 1. The Morgan fingerprint density at radius 1 is 1.06 bits per heavy atom. The van der Waals surface area contributed by atoms with E-state index in [1.807, 2.05) is 39.0 Å². The molecule has 0 saturated heterocycles. The van der Waals surface area contributed by atoms with Crippen LogP contribution in [-0.4, -0.2) is 30.7 Å². The van der Waals surface area contributed by atoms with Crippen LogP contribution < -0.4 is 10.1 Å². The van der Waals surface area contributed by atoms with Crippen LogP contribution in [-0.2, 0) is 14.9 Å². The van der Waals surface area contributed by atoms with Crippen LogP contribution in [0.5, 0.6) is 11.5 Å². The molecule has 0 heterocycles. The zero-order chi connectivity index (χ0) is 23.0. The predicted octanol–water partition coefficient (Wildman–Crippen LogP) is 5.36. The molecule has 2 aromatic carbocycles. The van der Waals surface area contributed by atoms with Gasteiger partial charge >= 0.3 is 5.97 Å². The molecule has 6 heteroatoms. The zero-order valence-corrected chi connectivity index (χ0v) is 19.1. The van der Waals surface area contributed by atoms with Crippen molar-refractivity contribution >= 4 is 17.6 Å². The highest BCUT2D eigenvalue weighted by atomic mass is 16.5. The van der Waals surface area contributed by atoms with Crippen LogP contribution in [0.3, 0.4) is 0 Å². The van der Waals surface area contributed by atoms with Gasteiger partial charge in [0.15, 0.2) is 0 Å². The number of unbranched alkanes of at least 4 members (excludes halogenated alkanes) is 1. The van der Waals surface area contributed by atoms with Crippen molar-refractivity contribution in [1.29, 1.82) is 0 Å². The highest BCUT2D eigenvalue weighted by Crippen LogP contribution is 2.36. The number of carbonyl (C=O) groups excluding carboxylic acids is 2. The molecule has 31 heavy (non-hydrogen) atoms. The molecule has 2 rings (SSSR count). The molecule has 0 spiro atoms. The van der Waals surface area contributed by atoms with Crippen molar-refractivity contribution in [1.82, 2.24) is 0 Å². The summed E-state index contributed by atoms with van der Waals surface area (Å²) >= 11 is 0. The minimum Gasteiger partial charge on any atom is -0.506 e. The number of esters is 1. The molecule has 0 aliphatic rings. The van der Waals surface area contributed by atoms with E-state index in [9.17, 15) is 14.7 Å². The first kappa shape index (κ1) is 24.3. The molecule has 1 amide bonds. The van der Waals surface area contributed by atoms with Gasteiger partial charge in [0.1, 0.15) is 11.5 Å². The van der Waals surface area contributed by atoms with E-state index < -0.39 is 11.4 Å². The van der Waals surface area contributed by atoms with Crippen molar-refractivity contribution in [3.63, 3.8) is 0 Å². The van der Waals surface area contributed by atoms with Gasteiger partial charge in [-0.3, -0.25) is 4.79 Å². The molecular weight excluding hydrogens is 394 g/mol. The van der Waals surface area contributed by atoms with E-state index in [0.29, 0.717) is 19.4 Å². The van der Waals surface area contributed by atoms with Crippen molar-refractivity contribution in [3.8, 4) is 11.5 Å². The van der Waals surface area contributed by atoms with Gasteiger partial charge in [-0.2, -0.15) is 0 Å². The maximum absolute atomic E-state index is 13.4. The van der Waals surface area contributed by atoms with Gasteiger partial charge in [-0.15, -0.1) is 0 Å². The van der Waals surface area contributed by atoms with Crippen LogP contribution in [0.4, 0.5) is 5.69 Å². The number of hydrogen-bond acceptors (Lipinski definition) is 5. The average molecular weight is 428 g/mol. The summed E-state index contributed by atoms with van der Waals surface area (Å²) in [6.45, 7) is 8.73. The normalized spacial score (nSPS) is 11.1. The summed E-state index contributed by atoms with van der Waals surface area (Å²) in [6.07, 6.45) is 3.24. The molecule has 0 saturated carbocycles. The Kier molecular flexibility index (Phi) is 8.48. The summed E-state index contributed by atoms with van der Waals surface area (Å²) in [5.41, 5.74) is 1.59. The lowest BCUT2D eigenvalue weighted by molar-refractivity contribution is -0.121. The third-order valence-corrected chi connectivity index (χ3v) is 5.79. The van der Waals surface area contributed by atoms with Crippen LogP contribution >= 0.6 is 0 Å². The van der Waals surface area contributed by atoms with E-state index >= 15 is 0 Å². The van der Waals surface area contributed by atoms with Gasteiger partial charge in [-0.05, 0) is 61.6 Å². The maximum atomic E-state index is 13.4. The number of hydrogen-bond donors (Lipinski definition) is 2. The molecule has 2 aromatic rings. The summed E-state index contributed by atoms with van der Waals surface area (Å²) < 4.78 is 10.5. The first-order valence-corrected chi connectivity index (χ1v) is 10.8. The SMILES string of the molecule is CCCCOc1ccc(C(CC)(CC)C(=O)Nc2ccc(C(=O)OC)cc2O)cc1C. The predicted molar refractivity (Wildman–Crippen MR) is 122 cm³/mol. The monoisotopic (exact) mass is 427 g/mol. The second-order valence-electron chi connectivity index (χ2n) is 7.65. The third kappa shape index (κ3) is 5.37. The fraction of sp³-hybridized carbons (Fsp3) is 0.440. The van der Waals surface area contributed by atoms with Crippen LogP contribution in [0.15, 0.2) is 36.4 Å². The standard InChI is InChI=1S/C25H33NO5/c1-6-9-14-31-22-13-11-19(15-17(22)4)25(7-2,8-3)24(29)26-20-12-10-18(16-21(20)27)23(28)30-5/h10-13,15-16,27H,6-9,14H2,1-5H3,(H,26,29). The van der Waals surface area contributed by atoms with Crippen LogP contribution in [0, 0.1) is 6.92 Å². The van der Waals surface area contributed by atoms with Gasteiger partial charge in [0.2, 0.25) is 5.91 Å². The second-order valence-corrected chi connectivity index (χ2v) is 7.65. The van der Waals surface area contributed by atoms with E-state index in [0.717, 1.165) is 29.7 Å². The first-order valence-electron chi connectivity index (χ1n) is 10.8. The third-order valence-electron chi connectivity index (χ3n) is 5.79. The topological polar surface area (TPSA) is 84.9 Å². The summed E-state index contributed by atoms with van der Waals surface area (Å²) in [5, 5.41) is 13.1. The maximum Gasteiger partial charge on any atom is 0.337 e. The Balaban J connectivity index is 2.30. The first-order chi connectivity index (χ1) is 14.8. The largest absolute Gasteiger partial charge is 0.506 e. The number of phenols is 1. The van der Waals surface area contributed by atoms with Gasteiger partial charge in [-0.25, -0.2) is 4.79 Å². The van der Waals surface area contributed by atoms with E-state index in [4.69, 9.17) is 4.74 Å². The lowest BCUT2D eigenvalue weighted by Crippen LogP contribution is -2.39. The van der Waals surface area contributed by atoms with E-state index in [2.05, 4.69) is 17.0 Å². The van der Waals surface area contributed by atoms with Gasteiger partial charge in [0.05, 0.1) is 30.4 Å². The molecule has 0 bridgehead atoms. The number of nitrogens with one attached hydrogen (secondary N) is 1. The quantitative estimate of drug-likeness (QED) is 0.303. The van der Waals surface area contributed by atoms with Crippen LogP contribution in [0.1, 0.15) is 67.9 Å². The summed E-state index contributed by atoms with van der Waals surface area (Å²) in [4.78, 5) is 25.0. The average Bonchev–Trinajstić information content (AvgIpc) is 2.77. The molecule has 6 nitrogen and oxygen atoms in total. The number of benzene rings is 2. The lowest BCUT2D eigenvalue weighted by Gasteiger charge is -2.31. The molecule has 0 aliphatic heterocycles. The van der Waals surface area contributed by atoms with Crippen molar-refractivity contribution < 1.29 is 24.2 Å². The van der Waals surface area contributed by atoms with E-state index in [1.165, 1.54) is 25.3 Å². The molecule has 0 unspecified atom stereocenters. The van der Waals surface area contributed by atoms with Gasteiger partial charge in [0, 0.05) is 0 Å². The highest BCUT2D eigenvalue weighted by Gasteiger charge is 2.37. The molecule has 0 radical (unpaired) electrons. The Morgan fingerprint density at radius 2 is 1.77 bits per heavy atom. The number of methoxy groups -OCH3 is 1. The minimum atomic E-state index is -0.764. The van der Waals surface area contributed by atoms with E-state index in [-0.39, 0.29) is 22.9 Å². The Hall–Kier alpha value is -3.02. The van der Waals surface area contributed by atoms with Crippen LogP contribution in [0.25, 0.3) is 0 Å². The number of rotatable bonds is 10. The zero-order valence-electron chi connectivity index (χ0n) is 19.1. The summed E-state index contributed by atoms with van der Waals surface area (Å²) in [5.74, 6) is -0.123. The number of amides is 1. The number of aryl methyl sites for hydroxylation is 1. The summed E-state index contributed by atoms with van der Waals surface area (Å²) in [6, 6.07) is 10.2. The Bertz CT molecular complexity index is 918. The number of anilines is 1. The molecule has 2 N–H and O–H groups in total.